The molecule has 9 nitrogen and oxygen atoms in total. The quantitative estimate of drug-likeness (QED) is 0.247. The lowest BCUT2D eigenvalue weighted by Gasteiger charge is -2.40. The third-order valence-electron chi connectivity index (χ3n) is 7.41. The highest BCUT2D eigenvalue weighted by Crippen LogP contribution is 2.42. The largest absolute Gasteiger partial charge is 0.444 e. The van der Waals surface area contributed by atoms with Crippen LogP contribution in [0, 0.1) is 0 Å². The Morgan fingerprint density at radius 1 is 0.927 bits per heavy atom. The van der Waals surface area contributed by atoms with Crippen LogP contribution in [0.15, 0.2) is 88.6 Å². The topological polar surface area (TPSA) is 104 Å². The van der Waals surface area contributed by atoms with E-state index in [2.05, 4.69) is 20.2 Å². The van der Waals surface area contributed by atoms with Gasteiger partial charge in [0.1, 0.15) is 0 Å². The SMILES string of the molecule is OC(Nc1cc(-c2cnco2)cc(-c2cnco2)c1)N1c2nc(-c3cccc(C(F)(F)F)c3)ccc2N2CC[C@H]1C2. The van der Waals surface area contributed by atoms with Crippen LogP contribution < -0.4 is 15.1 Å². The number of nitrogens with one attached hydrogen (secondary N) is 1. The number of aliphatic hydroxyl groups is 1. The van der Waals surface area contributed by atoms with Gasteiger partial charge >= 0.3 is 6.18 Å². The maximum absolute atomic E-state index is 13.4. The van der Waals surface area contributed by atoms with Crippen molar-refractivity contribution < 1.29 is 27.1 Å². The van der Waals surface area contributed by atoms with Gasteiger partial charge in [0.25, 0.3) is 0 Å². The molecule has 1 fully saturated rings. The van der Waals surface area contributed by atoms with Crippen LogP contribution in [0.2, 0.25) is 0 Å². The number of benzene rings is 2. The van der Waals surface area contributed by atoms with E-state index in [1.807, 2.05) is 24.3 Å². The first-order chi connectivity index (χ1) is 19.8. The highest BCUT2D eigenvalue weighted by Gasteiger charge is 2.40. The van der Waals surface area contributed by atoms with Gasteiger partial charge in [0.2, 0.25) is 6.35 Å². The van der Waals surface area contributed by atoms with E-state index < -0.39 is 18.1 Å². The summed E-state index contributed by atoms with van der Waals surface area (Å²) < 4.78 is 51.1. The van der Waals surface area contributed by atoms with Crippen LogP contribution in [0.1, 0.15) is 12.0 Å². The van der Waals surface area contributed by atoms with Crippen LogP contribution in [0.4, 0.5) is 30.4 Å². The zero-order valence-electron chi connectivity index (χ0n) is 21.4. The molecule has 41 heavy (non-hydrogen) atoms. The molecule has 2 N–H and O–H groups in total. The van der Waals surface area contributed by atoms with Gasteiger partial charge in [-0.2, -0.15) is 13.2 Å². The Morgan fingerprint density at radius 2 is 1.66 bits per heavy atom. The van der Waals surface area contributed by atoms with Crippen LogP contribution in [0.25, 0.3) is 33.9 Å². The second-order valence-electron chi connectivity index (χ2n) is 9.96. The van der Waals surface area contributed by atoms with Crippen molar-refractivity contribution in [1.82, 2.24) is 15.0 Å². The van der Waals surface area contributed by atoms with Crippen LogP contribution >= 0.6 is 0 Å². The van der Waals surface area contributed by atoms with Gasteiger partial charge in [-0.1, -0.05) is 12.1 Å². The maximum atomic E-state index is 13.4. The summed E-state index contributed by atoms with van der Waals surface area (Å²) in [5, 5.41) is 14.8. The van der Waals surface area contributed by atoms with Gasteiger partial charge in [-0.15, -0.1) is 0 Å². The summed E-state index contributed by atoms with van der Waals surface area (Å²) in [6.45, 7) is 1.47. The lowest BCUT2D eigenvalue weighted by Crippen LogP contribution is -2.51. The number of aliphatic hydroxyl groups excluding tert-OH is 1. The fourth-order valence-electron chi connectivity index (χ4n) is 5.50. The number of rotatable bonds is 6. The van der Waals surface area contributed by atoms with Crippen molar-refractivity contribution in [3.63, 3.8) is 0 Å². The summed E-state index contributed by atoms with van der Waals surface area (Å²) in [7, 11) is 0. The van der Waals surface area contributed by atoms with Crippen LogP contribution in [0.3, 0.4) is 0 Å². The van der Waals surface area contributed by atoms with Gasteiger partial charge < -0.3 is 29.1 Å². The second kappa shape index (κ2) is 9.66. The molecule has 0 radical (unpaired) electrons. The summed E-state index contributed by atoms with van der Waals surface area (Å²) in [6, 6.07) is 14.1. The molecule has 2 aliphatic heterocycles. The molecule has 7 rings (SSSR count). The molecule has 208 valence electrons. The fraction of sp³-hybridized carbons (Fsp3) is 0.207. The lowest BCUT2D eigenvalue weighted by atomic mass is 10.1. The summed E-state index contributed by atoms with van der Waals surface area (Å²) in [5.74, 6) is 1.56. The molecule has 2 bridgehead atoms. The van der Waals surface area contributed by atoms with E-state index in [9.17, 15) is 18.3 Å². The predicted molar refractivity (Wildman–Crippen MR) is 145 cm³/mol. The first-order valence-electron chi connectivity index (χ1n) is 12.9. The smallest absolute Gasteiger partial charge is 0.416 e. The van der Waals surface area contributed by atoms with Gasteiger partial charge in [0, 0.05) is 35.5 Å². The molecule has 0 amide bonds. The molecular weight excluding hydrogens is 537 g/mol. The van der Waals surface area contributed by atoms with Gasteiger partial charge in [0.15, 0.2) is 30.1 Å². The Kier molecular flexibility index (Phi) is 5.93. The van der Waals surface area contributed by atoms with Gasteiger partial charge in [-0.3, -0.25) is 0 Å². The van der Waals surface area contributed by atoms with Crippen molar-refractivity contribution in [2.75, 3.05) is 28.2 Å². The molecule has 2 aromatic carbocycles. The number of hydrogen-bond acceptors (Lipinski definition) is 9. The van der Waals surface area contributed by atoms with Gasteiger partial charge in [-0.25, -0.2) is 15.0 Å². The standard InChI is InChI=1S/C29H23F3N6O3/c30-29(31,32)20-3-1-2-17(9-20)23-4-5-24-27(36-23)38(22-6-7-37(24)14-22)28(39)35-21-10-18(25-12-33-15-40-25)8-19(11-21)26-13-34-16-41-26/h1-5,8-13,15-16,22,28,35,39H,6-7,14H2/t22-,28?/m0/s1. The average Bonchev–Trinajstić information content (AvgIpc) is 3.76. The Hall–Kier alpha value is -4.84. The fourth-order valence-corrected chi connectivity index (χ4v) is 5.50. The Bertz CT molecular complexity index is 1640. The summed E-state index contributed by atoms with van der Waals surface area (Å²) in [6.07, 6.45) is 0.975. The number of anilines is 3. The molecule has 0 spiro atoms. The molecule has 5 heterocycles. The first-order valence-corrected chi connectivity index (χ1v) is 12.9. The number of halogens is 3. The summed E-state index contributed by atoms with van der Waals surface area (Å²) in [4.78, 5) is 16.8. The van der Waals surface area contributed by atoms with Crippen LogP contribution in [0.5, 0.6) is 0 Å². The second-order valence-corrected chi connectivity index (χ2v) is 9.96. The number of pyridine rings is 1. The van der Waals surface area contributed by atoms with Crippen LogP contribution in [-0.2, 0) is 6.18 Å². The minimum atomic E-state index is -4.47. The first kappa shape index (κ1) is 25.1. The van der Waals surface area contributed by atoms with E-state index >= 15 is 0 Å². The van der Waals surface area contributed by atoms with Gasteiger partial charge in [-0.05, 0) is 48.9 Å². The summed E-state index contributed by atoms with van der Waals surface area (Å²) in [5.41, 5.74) is 2.79. The van der Waals surface area contributed by atoms with Crippen molar-refractivity contribution in [1.29, 1.82) is 0 Å². The number of hydrogen-bond donors (Lipinski definition) is 2. The van der Waals surface area contributed by atoms with E-state index in [1.54, 1.807) is 29.4 Å². The Balaban J connectivity index is 1.25. The number of aromatic nitrogens is 3. The molecule has 3 aromatic heterocycles. The molecule has 1 unspecified atom stereocenters. The molecular formula is C29H23F3N6O3. The third-order valence-corrected chi connectivity index (χ3v) is 7.41. The molecule has 0 aliphatic carbocycles. The predicted octanol–water partition coefficient (Wildman–Crippen LogP) is 5.86. The lowest BCUT2D eigenvalue weighted by molar-refractivity contribution is -0.137. The highest BCUT2D eigenvalue weighted by atomic mass is 19.4. The van der Waals surface area contributed by atoms with E-state index in [0.717, 1.165) is 30.8 Å². The van der Waals surface area contributed by atoms with Crippen LogP contribution in [-0.4, -0.2) is 45.5 Å². The van der Waals surface area contributed by atoms with Crippen molar-refractivity contribution in [2.45, 2.75) is 25.0 Å². The monoisotopic (exact) mass is 560 g/mol. The van der Waals surface area contributed by atoms with Crippen molar-refractivity contribution in [3.8, 4) is 33.9 Å². The number of oxazole rings is 2. The Morgan fingerprint density at radius 3 is 2.32 bits per heavy atom. The van der Waals surface area contributed by atoms with Crippen molar-refractivity contribution in [3.05, 3.63) is 85.3 Å². The average molecular weight is 561 g/mol. The molecule has 2 atom stereocenters. The van der Waals surface area contributed by atoms with Gasteiger partial charge in [0.05, 0.1) is 35.4 Å². The minimum absolute atomic E-state index is 0.0551. The highest BCUT2D eigenvalue weighted by molar-refractivity contribution is 5.78. The van der Waals surface area contributed by atoms with Crippen molar-refractivity contribution in [2.24, 2.45) is 0 Å². The molecule has 1 saturated heterocycles. The third kappa shape index (κ3) is 4.65. The van der Waals surface area contributed by atoms with Crippen molar-refractivity contribution >= 4 is 17.2 Å². The zero-order valence-corrected chi connectivity index (χ0v) is 21.4. The van der Waals surface area contributed by atoms with E-state index in [-0.39, 0.29) is 6.04 Å². The van der Waals surface area contributed by atoms with E-state index in [4.69, 9.17) is 13.8 Å². The molecule has 12 heteroatoms. The number of fused-ring (bicyclic) bond motifs is 4. The zero-order chi connectivity index (χ0) is 28.1. The van der Waals surface area contributed by atoms with E-state index in [1.165, 1.54) is 18.9 Å². The molecule has 5 aromatic rings. The minimum Gasteiger partial charge on any atom is -0.444 e. The summed E-state index contributed by atoms with van der Waals surface area (Å²) >= 11 is 0. The number of alkyl halides is 3. The molecule has 0 saturated carbocycles. The number of nitrogens with zero attached hydrogens (tertiary/aromatic N) is 5. The molecule has 2 aliphatic rings. The normalized spacial score (nSPS) is 17.0. The maximum Gasteiger partial charge on any atom is 0.416 e. The van der Waals surface area contributed by atoms with E-state index in [0.29, 0.717) is 52.0 Å². The Labute approximate surface area is 231 Å².